The minimum atomic E-state index is -0.868. The van der Waals surface area contributed by atoms with Crippen molar-refractivity contribution in [1.82, 2.24) is 5.32 Å². The number of amides is 2. The molecule has 2 aromatic carbocycles. The van der Waals surface area contributed by atoms with Crippen molar-refractivity contribution in [2.45, 2.75) is 6.92 Å². The fourth-order valence-electron chi connectivity index (χ4n) is 2.23. The average molecular weight is 440 g/mol. The second-order valence-corrected chi connectivity index (χ2v) is 6.56. The van der Waals surface area contributed by atoms with Gasteiger partial charge in [0.2, 0.25) is 0 Å². The molecule has 29 heavy (non-hydrogen) atoms. The van der Waals surface area contributed by atoms with E-state index < -0.39 is 35.9 Å². The van der Waals surface area contributed by atoms with E-state index in [9.17, 15) is 24.5 Å². The van der Waals surface area contributed by atoms with Crippen molar-refractivity contribution in [2.24, 2.45) is 0 Å². The van der Waals surface area contributed by atoms with Crippen LogP contribution in [0.3, 0.4) is 0 Å². The lowest BCUT2D eigenvalue weighted by Gasteiger charge is -2.10. The van der Waals surface area contributed by atoms with Crippen LogP contribution in [0, 0.1) is 17.0 Å². The second kappa shape index (κ2) is 9.85. The van der Waals surface area contributed by atoms with Crippen molar-refractivity contribution in [2.75, 3.05) is 18.5 Å². The molecule has 0 aromatic heterocycles. The summed E-state index contributed by atoms with van der Waals surface area (Å²) in [7, 11) is 0. The highest BCUT2D eigenvalue weighted by molar-refractivity contribution is 6.42. The molecule has 0 bridgehead atoms. The first-order valence-electron chi connectivity index (χ1n) is 8.11. The smallest absolute Gasteiger partial charge is 0.325 e. The van der Waals surface area contributed by atoms with Crippen LogP contribution in [-0.4, -0.2) is 35.9 Å². The molecule has 0 radical (unpaired) electrons. The van der Waals surface area contributed by atoms with Gasteiger partial charge in [-0.15, -0.1) is 0 Å². The number of ether oxygens (including phenoxy) is 1. The zero-order valence-electron chi connectivity index (χ0n) is 15.0. The van der Waals surface area contributed by atoms with E-state index in [1.807, 2.05) is 0 Å². The molecular weight excluding hydrogens is 425 g/mol. The Morgan fingerprint density at radius 1 is 1.14 bits per heavy atom. The van der Waals surface area contributed by atoms with Gasteiger partial charge in [-0.1, -0.05) is 35.3 Å². The standard InChI is InChI=1S/C18H15Cl2N3O6/c1-10-3-2-4-14(23(27)28)17(10)22-15(24)9-29-16(25)8-21-18(26)11-5-6-12(19)13(20)7-11/h2-7H,8-9H2,1H3,(H,21,26)(H,22,24). The Balaban J connectivity index is 1.85. The van der Waals surface area contributed by atoms with Crippen LogP contribution in [0.25, 0.3) is 0 Å². The van der Waals surface area contributed by atoms with Crippen LogP contribution in [0.5, 0.6) is 0 Å². The average Bonchev–Trinajstić information content (AvgIpc) is 2.67. The molecule has 0 aliphatic rings. The number of carbonyl (C=O) groups is 3. The van der Waals surface area contributed by atoms with Gasteiger partial charge in [0.05, 0.1) is 15.0 Å². The predicted octanol–water partition coefficient (Wildman–Crippen LogP) is 3.12. The summed E-state index contributed by atoms with van der Waals surface area (Å²) in [5.74, 6) is -2.21. The molecule has 0 aliphatic carbocycles. The number of esters is 1. The Kier molecular flexibility index (Phi) is 7.52. The highest BCUT2D eigenvalue weighted by Crippen LogP contribution is 2.27. The predicted molar refractivity (Wildman–Crippen MR) is 106 cm³/mol. The van der Waals surface area contributed by atoms with Gasteiger partial charge in [-0.2, -0.15) is 0 Å². The lowest BCUT2D eigenvalue weighted by atomic mass is 10.1. The fraction of sp³-hybridized carbons (Fsp3) is 0.167. The molecule has 0 saturated carbocycles. The van der Waals surface area contributed by atoms with Gasteiger partial charge >= 0.3 is 5.97 Å². The lowest BCUT2D eigenvalue weighted by Crippen LogP contribution is -2.32. The molecule has 0 saturated heterocycles. The highest BCUT2D eigenvalue weighted by Gasteiger charge is 2.18. The SMILES string of the molecule is Cc1cccc([N+](=O)[O-])c1NC(=O)COC(=O)CNC(=O)c1ccc(Cl)c(Cl)c1. The van der Waals surface area contributed by atoms with Gasteiger partial charge in [0.1, 0.15) is 12.2 Å². The molecule has 2 N–H and O–H groups in total. The number of nitrogens with zero attached hydrogens (tertiary/aromatic N) is 1. The number of nitro groups is 1. The van der Waals surface area contributed by atoms with Gasteiger partial charge in [-0.05, 0) is 30.7 Å². The number of benzene rings is 2. The van der Waals surface area contributed by atoms with Crippen molar-refractivity contribution in [3.63, 3.8) is 0 Å². The van der Waals surface area contributed by atoms with E-state index in [-0.39, 0.29) is 27.0 Å². The van der Waals surface area contributed by atoms with E-state index in [2.05, 4.69) is 10.6 Å². The first-order valence-corrected chi connectivity index (χ1v) is 8.87. The number of aryl methyl sites for hydroxylation is 1. The third-order valence-corrected chi connectivity index (χ3v) is 4.39. The molecule has 2 aromatic rings. The van der Waals surface area contributed by atoms with E-state index >= 15 is 0 Å². The quantitative estimate of drug-likeness (QED) is 0.387. The number of para-hydroxylation sites is 1. The summed E-state index contributed by atoms with van der Waals surface area (Å²) in [6.45, 7) is 0.428. The number of carbonyl (C=O) groups excluding carboxylic acids is 3. The van der Waals surface area contributed by atoms with Crippen LogP contribution >= 0.6 is 23.2 Å². The fourth-order valence-corrected chi connectivity index (χ4v) is 2.53. The van der Waals surface area contributed by atoms with Crippen molar-refractivity contribution < 1.29 is 24.0 Å². The third-order valence-electron chi connectivity index (χ3n) is 3.65. The van der Waals surface area contributed by atoms with E-state index in [0.29, 0.717) is 5.56 Å². The number of hydrogen-bond acceptors (Lipinski definition) is 6. The molecule has 152 valence electrons. The van der Waals surface area contributed by atoms with Crippen molar-refractivity contribution in [3.8, 4) is 0 Å². The van der Waals surface area contributed by atoms with Gasteiger partial charge in [0, 0.05) is 11.6 Å². The summed E-state index contributed by atoms with van der Waals surface area (Å²) >= 11 is 11.6. The Morgan fingerprint density at radius 3 is 2.52 bits per heavy atom. The number of hydrogen-bond donors (Lipinski definition) is 2. The van der Waals surface area contributed by atoms with Crippen LogP contribution in [-0.2, 0) is 14.3 Å². The van der Waals surface area contributed by atoms with E-state index in [1.165, 1.54) is 30.3 Å². The summed E-state index contributed by atoms with van der Waals surface area (Å²) in [5, 5.41) is 16.2. The number of rotatable bonds is 7. The molecule has 0 fully saturated rings. The molecule has 9 nitrogen and oxygen atoms in total. The van der Waals surface area contributed by atoms with Gasteiger partial charge in [-0.25, -0.2) is 0 Å². The molecule has 11 heteroatoms. The van der Waals surface area contributed by atoms with Gasteiger partial charge in [-0.3, -0.25) is 24.5 Å². The molecular formula is C18H15Cl2N3O6. The van der Waals surface area contributed by atoms with Crippen molar-refractivity contribution in [3.05, 3.63) is 67.7 Å². The van der Waals surface area contributed by atoms with Gasteiger partial charge in [0.15, 0.2) is 6.61 Å². The Morgan fingerprint density at radius 2 is 1.86 bits per heavy atom. The third kappa shape index (κ3) is 6.16. The minimum absolute atomic E-state index is 0.0199. The largest absolute Gasteiger partial charge is 0.454 e. The Bertz CT molecular complexity index is 980. The second-order valence-electron chi connectivity index (χ2n) is 5.75. The van der Waals surface area contributed by atoms with Crippen LogP contribution in [0.4, 0.5) is 11.4 Å². The summed E-state index contributed by atoms with van der Waals surface area (Å²) in [6.07, 6.45) is 0. The zero-order valence-corrected chi connectivity index (χ0v) is 16.5. The van der Waals surface area contributed by atoms with Gasteiger partial charge in [0.25, 0.3) is 17.5 Å². The molecule has 2 amide bonds. The maximum absolute atomic E-state index is 12.0. The van der Waals surface area contributed by atoms with Crippen molar-refractivity contribution >= 4 is 52.4 Å². The molecule has 0 atom stereocenters. The maximum Gasteiger partial charge on any atom is 0.325 e. The summed E-state index contributed by atoms with van der Waals surface area (Å²) in [5.41, 5.74) is 0.412. The summed E-state index contributed by atoms with van der Waals surface area (Å²) in [4.78, 5) is 46.0. The highest BCUT2D eigenvalue weighted by atomic mass is 35.5. The molecule has 0 heterocycles. The lowest BCUT2D eigenvalue weighted by molar-refractivity contribution is -0.384. The maximum atomic E-state index is 12.0. The molecule has 2 rings (SSSR count). The number of nitrogens with one attached hydrogen (secondary N) is 2. The van der Waals surface area contributed by atoms with E-state index in [4.69, 9.17) is 27.9 Å². The van der Waals surface area contributed by atoms with Crippen LogP contribution in [0.15, 0.2) is 36.4 Å². The number of nitro benzene ring substituents is 1. The van der Waals surface area contributed by atoms with Crippen molar-refractivity contribution in [1.29, 1.82) is 0 Å². The van der Waals surface area contributed by atoms with Crippen LogP contribution < -0.4 is 10.6 Å². The molecule has 0 unspecified atom stereocenters. The first-order chi connectivity index (χ1) is 13.7. The number of halogens is 2. The van der Waals surface area contributed by atoms with Crippen LogP contribution in [0.1, 0.15) is 15.9 Å². The zero-order chi connectivity index (χ0) is 21.6. The Labute approximate surface area is 175 Å². The topological polar surface area (TPSA) is 128 Å². The summed E-state index contributed by atoms with van der Waals surface area (Å²) < 4.78 is 4.76. The monoisotopic (exact) mass is 439 g/mol. The minimum Gasteiger partial charge on any atom is -0.454 e. The molecule has 0 aliphatic heterocycles. The normalized spacial score (nSPS) is 10.2. The Hall–Kier alpha value is -3.17. The molecule has 0 spiro atoms. The first kappa shape index (κ1) is 22.1. The van der Waals surface area contributed by atoms with E-state index in [1.54, 1.807) is 13.0 Å². The van der Waals surface area contributed by atoms with E-state index in [0.717, 1.165) is 0 Å². The number of anilines is 1. The van der Waals surface area contributed by atoms with Crippen LogP contribution in [0.2, 0.25) is 10.0 Å². The summed E-state index contributed by atoms with van der Waals surface area (Å²) in [6, 6.07) is 8.52. The van der Waals surface area contributed by atoms with Gasteiger partial charge < -0.3 is 15.4 Å².